The van der Waals surface area contributed by atoms with Crippen LogP contribution in [0, 0.1) is 11.3 Å². The van der Waals surface area contributed by atoms with Gasteiger partial charge in [-0.3, -0.25) is 0 Å². The molecule has 1 aliphatic rings. The molecule has 0 spiro atoms. The highest BCUT2D eigenvalue weighted by Crippen LogP contribution is 2.27. The van der Waals surface area contributed by atoms with Crippen molar-refractivity contribution in [1.82, 2.24) is 0 Å². The minimum absolute atomic E-state index is 0.774. The number of nitrogens with zero attached hydrogens (tertiary/aromatic N) is 2. The molecule has 0 aromatic heterocycles. The van der Waals surface area contributed by atoms with Crippen molar-refractivity contribution in [1.29, 1.82) is 5.26 Å². The third-order valence-corrected chi connectivity index (χ3v) is 2.85. The Morgan fingerprint density at radius 1 is 1.33 bits per heavy atom. The van der Waals surface area contributed by atoms with Crippen LogP contribution in [-0.4, -0.2) is 20.1 Å². The van der Waals surface area contributed by atoms with E-state index in [9.17, 15) is 0 Å². The van der Waals surface area contributed by atoms with E-state index in [1.165, 1.54) is 12.8 Å². The van der Waals surface area contributed by atoms with E-state index in [1.54, 1.807) is 0 Å². The molecule has 2 rings (SSSR count). The van der Waals surface area contributed by atoms with Crippen molar-refractivity contribution in [3.05, 3.63) is 23.8 Å². The lowest BCUT2D eigenvalue weighted by atomic mass is 10.1. The molecule has 0 aliphatic carbocycles. The summed E-state index contributed by atoms with van der Waals surface area (Å²) in [6, 6.07) is 8.14. The SMILES string of the molecule is CNc1ccc(C#N)c(N2CCCC2)c1. The van der Waals surface area contributed by atoms with Crippen molar-refractivity contribution < 1.29 is 0 Å². The van der Waals surface area contributed by atoms with E-state index in [-0.39, 0.29) is 0 Å². The predicted molar refractivity (Wildman–Crippen MR) is 62.2 cm³/mol. The van der Waals surface area contributed by atoms with Crippen LogP contribution >= 0.6 is 0 Å². The van der Waals surface area contributed by atoms with Crippen LogP contribution < -0.4 is 10.2 Å². The lowest BCUT2D eigenvalue weighted by Gasteiger charge is -2.19. The molecule has 1 aromatic rings. The molecule has 1 heterocycles. The average molecular weight is 201 g/mol. The van der Waals surface area contributed by atoms with E-state index in [0.29, 0.717) is 0 Å². The third kappa shape index (κ3) is 1.89. The molecule has 0 saturated carbocycles. The first-order valence-electron chi connectivity index (χ1n) is 5.32. The number of hydrogen-bond donors (Lipinski definition) is 1. The molecule has 0 radical (unpaired) electrons. The first-order valence-corrected chi connectivity index (χ1v) is 5.32. The van der Waals surface area contributed by atoms with Crippen LogP contribution in [0.5, 0.6) is 0 Å². The number of nitrogens with one attached hydrogen (secondary N) is 1. The Hall–Kier alpha value is -1.69. The summed E-state index contributed by atoms with van der Waals surface area (Å²) in [6.07, 6.45) is 2.46. The topological polar surface area (TPSA) is 39.1 Å². The summed E-state index contributed by atoms with van der Waals surface area (Å²) >= 11 is 0. The Labute approximate surface area is 90.3 Å². The van der Waals surface area contributed by atoms with Gasteiger partial charge in [-0.25, -0.2) is 0 Å². The van der Waals surface area contributed by atoms with Gasteiger partial charge in [0.15, 0.2) is 0 Å². The lowest BCUT2D eigenvalue weighted by molar-refractivity contribution is 0.949. The van der Waals surface area contributed by atoms with Crippen LogP contribution in [0.15, 0.2) is 18.2 Å². The maximum Gasteiger partial charge on any atom is 0.101 e. The highest BCUT2D eigenvalue weighted by molar-refractivity contribution is 5.66. The lowest BCUT2D eigenvalue weighted by Crippen LogP contribution is -2.18. The van der Waals surface area contributed by atoms with Crippen molar-refractivity contribution >= 4 is 11.4 Å². The summed E-state index contributed by atoms with van der Waals surface area (Å²) < 4.78 is 0. The zero-order valence-corrected chi connectivity index (χ0v) is 8.95. The summed E-state index contributed by atoms with van der Waals surface area (Å²) in [6.45, 7) is 2.14. The first kappa shape index (κ1) is 9.85. The van der Waals surface area contributed by atoms with E-state index < -0.39 is 0 Å². The molecule has 1 N–H and O–H groups in total. The standard InChI is InChI=1S/C12H15N3/c1-14-11-5-4-10(9-13)12(8-11)15-6-2-3-7-15/h4-5,8,14H,2-3,6-7H2,1H3. The quantitative estimate of drug-likeness (QED) is 0.797. The fourth-order valence-corrected chi connectivity index (χ4v) is 2.00. The van der Waals surface area contributed by atoms with Crippen molar-refractivity contribution in [2.24, 2.45) is 0 Å². The Bertz CT molecular complexity index is 386. The van der Waals surface area contributed by atoms with Gasteiger partial charge < -0.3 is 10.2 Å². The van der Waals surface area contributed by atoms with E-state index in [0.717, 1.165) is 30.0 Å². The summed E-state index contributed by atoms with van der Waals surface area (Å²) in [5, 5.41) is 12.2. The van der Waals surface area contributed by atoms with Crippen LogP contribution in [0.4, 0.5) is 11.4 Å². The van der Waals surface area contributed by atoms with E-state index in [2.05, 4.69) is 22.4 Å². The molecule has 1 aliphatic heterocycles. The molecule has 0 amide bonds. The average Bonchev–Trinajstić information content (AvgIpc) is 2.81. The number of hydrogen-bond acceptors (Lipinski definition) is 3. The minimum Gasteiger partial charge on any atom is -0.388 e. The molecule has 0 bridgehead atoms. The Balaban J connectivity index is 2.37. The van der Waals surface area contributed by atoms with Gasteiger partial charge in [-0.05, 0) is 31.0 Å². The molecule has 3 nitrogen and oxygen atoms in total. The van der Waals surface area contributed by atoms with Crippen LogP contribution in [0.25, 0.3) is 0 Å². The molecule has 15 heavy (non-hydrogen) atoms. The molecule has 1 aromatic carbocycles. The van der Waals surface area contributed by atoms with Crippen molar-refractivity contribution in [2.75, 3.05) is 30.4 Å². The summed E-state index contributed by atoms with van der Waals surface area (Å²) in [4.78, 5) is 2.29. The summed E-state index contributed by atoms with van der Waals surface area (Å²) in [5.41, 5.74) is 2.91. The van der Waals surface area contributed by atoms with Gasteiger partial charge in [-0.15, -0.1) is 0 Å². The highest BCUT2D eigenvalue weighted by Gasteiger charge is 2.15. The minimum atomic E-state index is 0.774. The van der Waals surface area contributed by atoms with Crippen LogP contribution in [0.2, 0.25) is 0 Å². The van der Waals surface area contributed by atoms with Gasteiger partial charge in [0.2, 0.25) is 0 Å². The van der Waals surface area contributed by atoms with Gasteiger partial charge in [-0.2, -0.15) is 5.26 Å². The van der Waals surface area contributed by atoms with E-state index in [1.807, 2.05) is 19.2 Å². The van der Waals surface area contributed by atoms with Gasteiger partial charge in [0.1, 0.15) is 6.07 Å². The second-order valence-corrected chi connectivity index (χ2v) is 3.79. The fourth-order valence-electron chi connectivity index (χ4n) is 2.00. The normalized spacial score (nSPS) is 15.1. The van der Waals surface area contributed by atoms with Gasteiger partial charge >= 0.3 is 0 Å². The number of rotatable bonds is 2. The monoisotopic (exact) mass is 201 g/mol. The van der Waals surface area contributed by atoms with E-state index in [4.69, 9.17) is 5.26 Å². The van der Waals surface area contributed by atoms with Gasteiger partial charge in [0, 0.05) is 25.8 Å². The Morgan fingerprint density at radius 3 is 2.67 bits per heavy atom. The number of anilines is 2. The first-order chi connectivity index (χ1) is 7.35. The zero-order valence-electron chi connectivity index (χ0n) is 8.95. The third-order valence-electron chi connectivity index (χ3n) is 2.85. The number of benzene rings is 1. The molecular formula is C12H15N3. The van der Waals surface area contributed by atoms with Crippen LogP contribution in [0.1, 0.15) is 18.4 Å². The van der Waals surface area contributed by atoms with Gasteiger partial charge in [0.05, 0.1) is 11.3 Å². The smallest absolute Gasteiger partial charge is 0.101 e. The van der Waals surface area contributed by atoms with Crippen LogP contribution in [-0.2, 0) is 0 Å². The summed E-state index contributed by atoms with van der Waals surface area (Å²) in [7, 11) is 1.90. The molecule has 1 fully saturated rings. The van der Waals surface area contributed by atoms with E-state index >= 15 is 0 Å². The second-order valence-electron chi connectivity index (χ2n) is 3.79. The second kappa shape index (κ2) is 4.22. The molecule has 0 atom stereocenters. The zero-order chi connectivity index (χ0) is 10.7. The largest absolute Gasteiger partial charge is 0.388 e. The van der Waals surface area contributed by atoms with Gasteiger partial charge in [0.25, 0.3) is 0 Å². The molecule has 3 heteroatoms. The maximum atomic E-state index is 9.05. The maximum absolute atomic E-state index is 9.05. The van der Waals surface area contributed by atoms with Gasteiger partial charge in [-0.1, -0.05) is 0 Å². The number of nitriles is 1. The van der Waals surface area contributed by atoms with Crippen LogP contribution in [0.3, 0.4) is 0 Å². The molecule has 1 saturated heterocycles. The molecule has 0 unspecified atom stereocenters. The molecular weight excluding hydrogens is 186 g/mol. The molecule has 78 valence electrons. The van der Waals surface area contributed by atoms with Crippen molar-refractivity contribution in [2.45, 2.75) is 12.8 Å². The van der Waals surface area contributed by atoms with Crippen molar-refractivity contribution in [3.63, 3.8) is 0 Å². The van der Waals surface area contributed by atoms with Crippen molar-refractivity contribution in [3.8, 4) is 6.07 Å². The Kier molecular flexibility index (Phi) is 2.77. The predicted octanol–water partition coefficient (Wildman–Crippen LogP) is 2.20. The fraction of sp³-hybridized carbons (Fsp3) is 0.417. The highest BCUT2D eigenvalue weighted by atomic mass is 15.1. The summed E-state index contributed by atoms with van der Waals surface area (Å²) in [5.74, 6) is 0. The Morgan fingerprint density at radius 2 is 2.07 bits per heavy atom.